The van der Waals surface area contributed by atoms with Crippen LogP contribution in [0.1, 0.15) is 51.7 Å². The Morgan fingerprint density at radius 1 is 1.06 bits per heavy atom. The smallest absolute Gasteiger partial charge is 0.265 e. The van der Waals surface area contributed by atoms with Crippen molar-refractivity contribution in [2.75, 3.05) is 25.5 Å². The summed E-state index contributed by atoms with van der Waals surface area (Å²) in [5.41, 5.74) is 2.60. The van der Waals surface area contributed by atoms with Gasteiger partial charge in [-0.1, -0.05) is 33.8 Å². The third-order valence-corrected chi connectivity index (χ3v) is 7.36. The van der Waals surface area contributed by atoms with E-state index in [-0.39, 0.29) is 10.6 Å². The van der Waals surface area contributed by atoms with Crippen molar-refractivity contribution >= 4 is 21.6 Å². The minimum absolute atomic E-state index is 0.0887. The highest BCUT2D eigenvalue weighted by atomic mass is 32.2. The fourth-order valence-electron chi connectivity index (χ4n) is 3.52. The molecular weight excluding hydrogens is 428 g/mol. The summed E-state index contributed by atoms with van der Waals surface area (Å²) in [6.45, 7) is 12.2. The van der Waals surface area contributed by atoms with Crippen molar-refractivity contribution in [2.24, 2.45) is 0 Å². The Morgan fingerprint density at radius 3 is 2.25 bits per heavy atom. The highest BCUT2D eigenvalue weighted by Gasteiger charge is 2.24. The number of nitrogens with one attached hydrogen (secondary N) is 1. The normalized spacial score (nSPS) is 12.7. The molecule has 1 N–H and O–H groups in total. The van der Waals surface area contributed by atoms with E-state index in [9.17, 15) is 13.2 Å². The maximum Gasteiger partial charge on any atom is 0.265 e. The summed E-state index contributed by atoms with van der Waals surface area (Å²) in [7, 11) is -2.21. The first-order chi connectivity index (χ1) is 15.0. The number of sulfonamides is 1. The average molecular weight is 463 g/mol. The van der Waals surface area contributed by atoms with Gasteiger partial charge >= 0.3 is 0 Å². The van der Waals surface area contributed by atoms with Gasteiger partial charge in [0.15, 0.2) is 6.10 Å². The summed E-state index contributed by atoms with van der Waals surface area (Å²) in [5, 5.41) is 2.74. The fourth-order valence-corrected chi connectivity index (χ4v) is 5.00. The molecule has 2 aromatic rings. The number of hydrogen-bond donors (Lipinski definition) is 1. The van der Waals surface area contributed by atoms with Gasteiger partial charge in [0.25, 0.3) is 5.91 Å². The molecule has 0 fully saturated rings. The molecule has 0 heterocycles. The number of carbonyl (C=O) groups excluding carboxylic acids is 1. The summed E-state index contributed by atoms with van der Waals surface area (Å²) in [5.74, 6) is 0.948. The van der Waals surface area contributed by atoms with Crippen LogP contribution in [0.4, 0.5) is 5.69 Å². The van der Waals surface area contributed by atoms with E-state index in [1.165, 1.54) is 35.2 Å². The zero-order valence-electron chi connectivity index (χ0n) is 19.9. The van der Waals surface area contributed by atoms with Gasteiger partial charge in [-0.15, -0.1) is 0 Å². The Kier molecular flexibility index (Phi) is 8.69. The van der Waals surface area contributed by atoms with Crippen LogP contribution in [-0.4, -0.2) is 44.9 Å². The first-order valence-corrected chi connectivity index (χ1v) is 12.2. The van der Waals surface area contributed by atoms with E-state index in [4.69, 9.17) is 9.47 Å². The number of nitrogens with zero attached hydrogens (tertiary/aromatic N) is 1. The summed E-state index contributed by atoms with van der Waals surface area (Å²) < 4.78 is 38.2. The maximum absolute atomic E-state index is 12.9. The summed E-state index contributed by atoms with van der Waals surface area (Å²) in [6.07, 6.45) is -0.799. The van der Waals surface area contributed by atoms with Crippen LogP contribution in [0.5, 0.6) is 11.5 Å². The van der Waals surface area contributed by atoms with Crippen molar-refractivity contribution in [3.63, 3.8) is 0 Å². The quantitative estimate of drug-likeness (QED) is 0.559. The predicted octanol–water partition coefficient (Wildman–Crippen LogP) is 4.56. The first kappa shape index (κ1) is 25.7. The topological polar surface area (TPSA) is 84.9 Å². The second kappa shape index (κ2) is 10.8. The second-order valence-electron chi connectivity index (χ2n) is 7.87. The lowest BCUT2D eigenvalue weighted by molar-refractivity contribution is -0.122. The summed E-state index contributed by atoms with van der Waals surface area (Å²) in [4.78, 5) is 12.9. The standard InChI is InChI=1S/C24H34N2O5S/c1-8-26(9-2)32(28,29)20-11-13-23(30-7)22(15-20)25-24(27)18(6)31-19-10-12-21(16(3)4)17(5)14-19/h10-16,18H,8-9H2,1-7H3,(H,25,27). The van der Waals surface area contributed by atoms with E-state index in [1.54, 1.807) is 20.8 Å². The fraction of sp³-hybridized carbons (Fsp3) is 0.458. The molecule has 0 aromatic heterocycles. The number of ether oxygens (including phenoxy) is 2. The van der Waals surface area contributed by atoms with Crippen LogP contribution < -0.4 is 14.8 Å². The Bertz CT molecular complexity index is 1050. The molecule has 0 aliphatic rings. The van der Waals surface area contributed by atoms with Crippen molar-refractivity contribution in [2.45, 2.75) is 58.5 Å². The molecule has 0 bridgehead atoms. The summed E-state index contributed by atoms with van der Waals surface area (Å²) in [6, 6.07) is 10.2. The zero-order chi connectivity index (χ0) is 24.1. The van der Waals surface area contributed by atoms with Gasteiger partial charge < -0.3 is 14.8 Å². The Labute approximate surface area is 191 Å². The molecule has 0 saturated heterocycles. The van der Waals surface area contributed by atoms with Crippen molar-refractivity contribution < 1.29 is 22.7 Å². The maximum atomic E-state index is 12.9. The predicted molar refractivity (Wildman–Crippen MR) is 127 cm³/mol. The van der Waals surface area contributed by atoms with E-state index in [0.717, 1.165) is 5.56 Å². The van der Waals surface area contributed by atoms with Crippen molar-refractivity contribution in [1.82, 2.24) is 4.31 Å². The molecule has 1 unspecified atom stereocenters. The van der Waals surface area contributed by atoms with Gasteiger partial charge in [-0.2, -0.15) is 4.31 Å². The van der Waals surface area contributed by atoms with E-state index in [0.29, 0.717) is 30.5 Å². The van der Waals surface area contributed by atoms with Crippen LogP contribution in [0.15, 0.2) is 41.3 Å². The largest absolute Gasteiger partial charge is 0.495 e. The number of hydrogen-bond acceptors (Lipinski definition) is 5. The van der Waals surface area contributed by atoms with Gasteiger partial charge in [-0.25, -0.2) is 8.42 Å². The molecule has 0 saturated carbocycles. The van der Waals surface area contributed by atoms with E-state index >= 15 is 0 Å². The molecule has 176 valence electrons. The highest BCUT2D eigenvalue weighted by molar-refractivity contribution is 7.89. The molecule has 0 spiro atoms. The number of anilines is 1. The molecule has 32 heavy (non-hydrogen) atoms. The van der Waals surface area contributed by atoms with Gasteiger partial charge in [0, 0.05) is 13.1 Å². The van der Waals surface area contributed by atoms with Gasteiger partial charge in [-0.3, -0.25) is 4.79 Å². The van der Waals surface area contributed by atoms with Crippen LogP contribution in [-0.2, 0) is 14.8 Å². The lowest BCUT2D eigenvalue weighted by Gasteiger charge is -2.20. The second-order valence-corrected chi connectivity index (χ2v) is 9.81. The molecule has 2 rings (SSSR count). The van der Waals surface area contributed by atoms with Crippen molar-refractivity contribution in [3.8, 4) is 11.5 Å². The zero-order valence-corrected chi connectivity index (χ0v) is 20.7. The lowest BCUT2D eigenvalue weighted by Crippen LogP contribution is -2.31. The Balaban J connectivity index is 2.23. The minimum atomic E-state index is -3.67. The van der Waals surface area contributed by atoms with E-state index in [1.807, 2.05) is 25.1 Å². The number of benzene rings is 2. The minimum Gasteiger partial charge on any atom is -0.495 e. The third-order valence-electron chi connectivity index (χ3n) is 5.32. The van der Waals surface area contributed by atoms with Gasteiger partial charge in [0.1, 0.15) is 11.5 Å². The molecule has 1 atom stereocenters. The van der Waals surface area contributed by atoms with Crippen LogP contribution in [0.25, 0.3) is 0 Å². The monoisotopic (exact) mass is 462 g/mol. The number of aryl methyl sites for hydroxylation is 1. The van der Waals surface area contributed by atoms with Gasteiger partial charge in [0.05, 0.1) is 17.7 Å². The van der Waals surface area contributed by atoms with Crippen LogP contribution in [0, 0.1) is 6.92 Å². The molecule has 2 aromatic carbocycles. The Hall–Kier alpha value is -2.58. The van der Waals surface area contributed by atoms with Gasteiger partial charge in [0.2, 0.25) is 10.0 Å². The molecule has 0 aliphatic heterocycles. The summed E-state index contributed by atoms with van der Waals surface area (Å²) >= 11 is 0. The molecular formula is C24H34N2O5S. The third kappa shape index (κ3) is 5.81. The molecule has 1 amide bonds. The van der Waals surface area contributed by atoms with Crippen LogP contribution >= 0.6 is 0 Å². The number of methoxy groups -OCH3 is 1. The molecule has 8 heteroatoms. The lowest BCUT2D eigenvalue weighted by atomic mass is 9.98. The molecule has 0 aliphatic carbocycles. The SMILES string of the molecule is CCN(CC)S(=O)(=O)c1ccc(OC)c(NC(=O)C(C)Oc2ccc(C(C)C)c(C)c2)c1. The number of rotatable bonds is 10. The first-order valence-electron chi connectivity index (χ1n) is 10.8. The van der Waals surface area contributed by atoms with E-state index < -0.39 is 22.0 Å². The van der Waals surface area contributed by atoms with Crippen LogP contribution in [0.2, 0.25) is 0 Å². The van der Waals surface area contributed by atoms with Crippen molar-refractivity contribution in [1.29, 1.82) is 0 Å². The van der Waals surface area contributed by atoms with Gasteiger partial charge in [-0.05, 0) is 61.2 Å². The number of amides is 1. The number of carbonyl (C=O) groups is 1. The van der Waals surface area contributed by atoms with Crippen LogP contribution in [0.3, 0.4) is 0 Å². The Morgan fingerprint density at radius 2 is 1.72 bits per heavy atom. The van der Waals surface area contributed by atoms with Crippen molar-refractivity contribution in [3.05, 3.63) is 47.5 Å². The average Bonchev–Trinajstić information content (AvgIpc) is 2.74. The highest BCUT2D eigenvalue weighted by Crippen LogP contribution is 2.29. The molecule has 0 radical (unpaired) electrons. The van der Waals surface area contributed by atoms with E-state index in [2.05, 4.69) is 19.2 Å². The molecule has 7 nitrogen and oxygen atoms in total.